The van der Waals surface area contributed by atoms with Crippen molar-refractivity contribution < 1.29 is 0 Å². The van der Waals surface area contributed by atoms with Crippen LogP contribution in [0.1, 0.15) is 29.3 Å². The molecule has 0 fully saturated rings. The molecule has 2 nitrogen and oxygen atoms in total. The number of benzene rings is 1. The molecule has 0 aliphatic rings. The summed E-state index contributed by atoms with van der Waals surface area (Å²) in [6.07, 6.45) is 0. The Morgan fingerprint density at radius 1 is 1.11 bits per heavy atom. The lowest BCUT2D eigenvalue weighted by Crippen LogP contribution is -2.11. The Morgan fingerprint density at radius 2 is 1.83 bits per heavy atom. The van der Waals surface area contributed by atoms with Crippen LogP contribution >= 0.6 is 11.3 Å². The van der Waals surface area contributed by atoms with Gasteiger partial charge in [0.1, 0.15) is 5.01 Å². The molecule has 0 bridgehead atoms. The van der Waals surface area contributed by atoms with E-state index in [2.05, 4.69) is 50.5 Å². The van der Waals surface area contributed by atoms with E-state index < -0.39 is 0 Å². The van der Waals surface area contributed by atoms with E-state index in [0.29, 0.717) is 0 Å². The maximum absolute atomic E-state index is 4.71. The third-order valence-corrected chi connectivity index (χ3v) is 4.10. The van der Waals surface area contributed by atoms with Gasteiger partial charge in [0.2, 0.25) is 0 Å². The number of nitrogens with zero attached hydrogens (tertiary/aromatic N) is 1. The van der Waals surface area contributed by atoms with Crippen LogP contribution in [0.4, 0.5) is 0 Å². The number of nitrogens with one attached hydrogen (secondary N) is 1. The van der Waals surface area contributed by atoms with E-state index in [0.717, 1.165) is 23.8 Å². The summed E-state index contributed by atoms with van der Waals surface area (Å²) in [7, 11) is 0. The molecule has 2 aromatic rings. The molecule has 96 valence electrons. The van der Waals surface area contributed by atoms with Gasteiger partial charge in [0.05, 0.1) is 5.69 Å². The topological polar surface area (TPSA) is 24.9 Å². The molecule has 1 aromatic heterocycles. The first-order valence-electron chi connectivity index (χ1n) is 6.35. The van der Waals surface area contributed by atoms with Crippen molar-refractivity contribution in [3.8, 4) is 10.6 Å². The molecule has 0 saturated heterocycles. The molecule has 1 aromatic carbocycles. The number of aromatic nitrogens is 1. The Balaban J connectivity index is 2.31. The highest BCUT2D eigenvalue weighted by molar-refractivity contribution is 7.13. The Morgan fingerprint density at radius 3 is 2.56 bits per heavy atom. The van der Waals surface area contributed by atoms with E-state index >= 15 is 0 Å². The van der Waals surface area contributed by atoms with Gasteiger partial charge in [0.15, 0.2) is 0 Å². The highest BCUT2D eigenvalue weighted by Gasteiger charge is 2.08. The summed E-state index contributed by atoms with van der Waals surface area (Å²) >= 11 is 1.73. The van der Waals surface area contributed by atoms with Gasteiger partial charge in [0, 0.05) is 17.5 Å². The van der Waals surface area contributed by atoms with Gasteiger partial charge in [-0.2, -0.15) is 0 Å². The Kier molecular flexibility index (Phi) is 4.15. The van der Waals surface area contributed by atoms with Gasteiger partial charge in [0.25, 0.3) is 0 Å². The molecular weight excluding hydrogens is 240 g/mol. The molecular formula is C15H20N2S. The van der Waals surface area contributed by atoms with Gasteiger partial charge in [-0.3, -0.25) is 0 Å². The molecule has 0 saturated carbocycles. The summed E-state index contributed by atoms with van der Waals surface area (Å²) in [6.45, 7) is 10.4. The highest BCUT2D eigenvalue weighted by Crippen LogP contribution is 2.29. The first-order chi connectivity index (χ1) is 8.61. The molecule has 0 spiro atoms. The molecule has 1 N–H and O–H groups in total. The summed E-state index contributed by atoms with van der Waals surface area (Å²) in [4.78, 5) is 4.71. The lowest BCUT2D eigenvalue weighted by atomic mass is 10.0. The summed E-state index contributed by atoms with van der Waals surface area (Å²) in [5.41, 5.74) is 6.39. The van der Waals surface area contributed by atoms with Crippen molar-refractivity contribution in [1.82, 2.24) is 10.3 Å². The number of hydrogen-bond donors (Lipinski definition) is 1. The first-order valence-corrected chi connectivity index (χ1v) is 7.23. The van der Waals surface area contributed by atoms with Crippen LogP contribution in [0, 0.1) is 20.8 Å². The molecule has 3 heteroatoms. The van der Waals surface area contributed by atoms with Crippen LogP contribution in [0.25, 0.3) is 10.6 Å². The average molecular weight is 260 g/mol. The Bertz CT molecular complexity index is 543. The van der Waals surface area contributed by atoms with Crippen molar-refractivity contribution in [3.05, 3.63) is 39.9 Å². The van der Waals surface area contributed by atoms with Crippen molar-refractivity contribution in [3.63, 3.8) is 0 Å². The van der Waals surface area contributed by atoms with Crippen molar-refractivity contribution in [2.75, 3.05) is 6.54 Å². The molecule has 0 atom stereocenters. The second kappa shape index (κ2) is 5.63. The first kappa shape index (κ1) is 13.2. The lowest BCUT2D eigenvalue weighted by molar-refractivity contribution is 0.715. The zero-order valence-corrected chi connectivity index (χ0v) is 12.3. The SMILES string of the molecule is CCNCc1csc(-c2cc(C)c(C)cc2C)n1. The third kappa shape index (κ3) is 2.79. The second-order valence-electron chi connectivity index (χ2n) is 4.68. The molecule has 0 aliphatic carbocycles. The fourth-order valence-corrected chi connectivity index (χ4v) is 2.86. The van der Waals surface area contributed by atoms with Crippen LogP contribution in [0.15, 0.2) is 17.5 Å². The normalized spacial score (nSPS) is 10.9. The monoisotopic (exact) mass is 260 g/mol. The van der Waals surface area contributed by atoms with Crippen molar-refractivity contribution in [2.45, 2.75) is 34.2 Å². The van der Waals surface area contributed by atoms with E-state index in [9.17, 15) is 0 Å². The maximum atomic E-state index is 4.71. The van der Waals surface area contributed by atoms with Crippen LogP contribution in [-0.4, -0.2) is 11.5 Å². The minimum Gasteiger partial charge on any atom is -0.311 e. The average Bonchev–Trinajstić information content (AvgIpc) is 2.79. The lowest BCUT2D eigenvalue weighted by Gasteiger charge is -2.07. The molecule has 0 unspecified atom stereocenters. The number of thiazole rings is 1. The summed E-state index contributed by atoms with van der Waals surface area (Å²) in [6, 6.07) is 4.50. The molecule has 1 heterocycles. The predicted octanol–water partition coefficient (Wildman–Crippen LogP) is 3.84. The molecule has 0 aliphatic heterocycles. The number of hydrogen-bond acceptors (Lipinski definition) is 3. The predicted molar refractivity (Wildman–Crippen MR) is 79.1 cm³/mol. The summed E-state index contributed by atoms with van der Waals surface area (Å²) < 4.78 is 0. The van der Waals surface area contributed by atoms with Crippen LogP contribution in [0.2, 0.25) is 0 Å². The van der Waals surface area contributed by atoms with Crippen LogP contribution < -0.4 is 5.32 Å². The third-order valence-electron chi connectivity index (χ3n) is 3.18. The molecule has 0 amide bonds. The van der Waals surface area contributed by atoms with Gasteiger partial charge in [-0.1, -0.05) is 13.0 Å². The second-order valence-corrected chi connectivity index (χ2v) is 5.53. The molecule has 18 heavy (non-hydrogen) atoms. The van der Waals surface area contributed by atoms with Crippen molar-refractivity contribution >= 4 is 11.3 Å². The van der Waals surface area contributed by atoms with Gasteiger partial charge in [-0.05, 0) is 50.1 Å². The van der Waals surface area contributed by atoms with E-state index in [4.69, 9.17) is 4.98 Å². The highest BCUT2D eigenvalue weighted by atomic mass is 32.1. The van der Waals surface area contributed by atoms with E-state index in [-0.39, 0.29) is 0 Å². The van der Waals surface area contributed by atoms with Crippen molar-refractivity contribution in [1.29, 1.82) is 0 Å². The van der Waals surface area contributed by atoms with Gasteiger partial charge >= 0.3 is 0 Å². The van der Waals surface area contributed by atoms with Gasteiger partial charge < -0.3 is 5.32 Å². The van der Waals surface area contributed by atoms with E-state index in [1.165, 1.54) is 22.3 Å². The summed E-state index contributed by atoms with van der Waals surface area (Å²) in [5.74, 6) is 0. The van der Waals surface area contributed by atoms with Crippen LogP contribution in [0.5, 0.6) is 0 Å². The quantitative estimate of drug-likeness (QED) is 0.903. The Labute approximate surface area is 113 Å². The summed E-state index contributed by atoms with van der Waals surface area (Å²) in [5, 5.41) is 6.58. The maximum Gasteiger partial charge on any atom is 0.123 e. The van der Waals surface area contributed by atoms with E-state index in [1.807, 2.05) is 0 Å². The fraction of sp³-hybridized carbons (Fsp3) is 0.400. The van der Waals surface area contributed by atoms with Crippen LogP contribution in [-0.2, 0) is 6.54 Å². The zero-order valence-electron chi connectivity index (χ0n) is 11.5. The van der Waals surface area contributed by atoms with E-state index in [1.54, 1.807) is 11.3 Å². The Hall–Kier alpha value is -1.19. The van der Waals surface area contributed by atoms with Crippen LogP contribution in [0.3, 0.4) is 0 Å². The number of aryl methyl sites for hydroxylation is 3. The molecule has 0 radical (unpaired) electrons. The minimum atomic E-state index is 0.858. The fourth-order valence-electron chi connectivity index (χ4n) is 1.96. The number of rotatable bonds is 4. The molecule has 2 rings (SSSR count). The zero-order chi connectivity index (χ0) is 13.1. The largest absolute Gasteiger partial charge is 0.311 e. The van der Waals surface area contributed by atoms with Crippen molar-refractivity contribution in [2.24, 2.45) is 0 Å². The minimum absolute atomic E-state index is 0.858. The van der Waals surface area contributed by atoms with Gasteiger partial charge in [-0.15, -0.1) is 11.3 Å². The van der Waals surface area contributed by atoms with Gasteiger partial charge in [-0.25, -0.2) is 4.98 Å². The smallest absolute Gasteiger partial charge is 0.123 e. The standard InChI is InChI=1S/C15H20N2S/c1-5-16-8-13-9-18-15(17-13)14-7-11(3)10(2)6-12(14)4/h6-7,9,16H,5,8H2,1-4H3.